The number of Topliss-reactive ketones (excluding diaryl/α,β-unsaturated/α-hetero) is 1. The van der Waals surface area contributed by atoms with Crippen molar-refractivity contribution in [1.29, 1.82) is 0 Å². The van der Waals surface area contributed by atoms with Gasteiger partial charge in [-0.15, -0.1) is 0 Å². The summed E-state index contributed by atoms with van der Waals surface area (Å²) in [6.07, 6.45) is 3.10. The van der Waals surface area contributed by atoms with Crippen molar-refractivity contribution in [3.05, 3.63) is 0 Å². The fraction of sp³-hybridized carbons (Fsp3) is 0.833. The lowest BCUT2D eigenvalue weighted by molar-refractivity contribution is -0.169. The van der Waals surface area contributed by atoms with Crippen molar-refractivity contribution in [2.45, 2.75) is 31.5 Å². The molecule has 2 heterocycles. The Balaban J connectivity index is 2.07. The van der Waals surface area contributed by atoms with Crippen LogP contribution >= 0.6 is 0 Å². The lowest BCUT2D eigenvalue weighted by Crippen LogP contribution is -2.45. The summed E-state index contributed by atoms with van der Waals surface area (Å²) < 4.78 is 5.22. The Morgan fingerprint density at radius 3 is 2.12 bits per heavy atom. The molecule has 0 radical (unpaired) electrons. The molecule has 0 amide bonds. The maximum Gasteiger partial charge on any atom is 0.138 e. The van der Waals surface area contributed by atoms with Crippen LogP contribution in [0.5, 0.6) is 0 Å². The third-order valence-corrected chi connectivity index (χ3v) is 1.82. The number of ether oxygens (including phenoxy) is 1. The summed E-state index contributed by atoms with van der Waals surface area (Å²) in [5.41, 5.74) is 0. The summed E-state index contributed by atoms with van der Waals surface area (Å²) in [5, 5.41) is 0. The van der Waals surface area contributed by atoms with Crippen molar-refractivity contribution in [3.8, 4) is 0 Å². The number of hydrogen-bond donors (Lipinski definition) is 0. The Labute approximate surface area is 47.8 Å². The van der Waals surface area contributed by atoms with Gasteiger partial charge in [-0.3, -0.25) is 4.79 Å². The molecule has 0 spiro atoms. The first-order valence-corrected chi connectivity index (χ1v) is 3.02. The van der Waals surface area contributed by atoms with Crippen molar-refractivity contribution in [1.82, 2.24) is 0 Å². The SMILES string of the molecule is O=C1CC2CC(C1)O2. The highest BCUT2D eigenvalue weighted by atomic mass is 16.5. The van der Waals surface area contributed by atoms with Crippen molar-refractivity contribution in [3.63, 3.8) is 0 Å². The van der Waals surface area contributed by atoms with Gasteiger partial charge in [0.1, 0.15) is 5.78 Å². The highest BCUT2D eigenvalue weighted by Gasteiger charge is 2.38. The molecule has 2 unspecified atom stereocenters. The van der Waals surface area contributed by atoms with Crippen LogP contribution in [-0.2, 0) is 9.53 Å². The predicted molar refractivity (Wildman–Crippen MR) is 27.5 cm³/mol. The monoisotopic (exact) mass is 112 g/mol. The Hall–Kier alpha value is -0.370. The quantitative estimate of drug-likeness (QED) is 0.456. The lowest BCUT2D eigenvalue weighted by atomic mass is 9.88. The van der Waals surface area contributed by atoms with E-state index in [1.807, 2.05) is 0 Å². The molecule has 2 aliphatic heterocycles. The second-order valence-electron chi connectivity index (χ2n) is 2.56. The number of rotatable bonds is 0. The molecule has 2 nitrogen and oxygen atoms in total. The maximum atomic E-state index is 10.6. The number of ketones is 1. The van der Waals surface area contributed by atoms with E-state index in [0.29, 0.717) is 30.8 Å². The van der Waals surface area contributed by atoms with E-state index in [1.165, 1.54) is 0 Å². The van der Waals surface area contributed by atoms with E-state index in [-0.39, 0.29) is 0 Å². The average molecular weight is 112 g/mol. The third-order valence-electron chi connectivity index (χ3n) is 1.82. The predicted octanol–water partition coefficient (Wildman–Crippen LogP) is 0.507. The molecule has 3 aliphatic rings. The van der Waals surface area contributed by atoms with E-state index >= 15 is 0 Å². The molecular weight excluding hydrogens is 104 g/mol. The molecule has 0 aromatic heterocycles. The zero-order valence-corrected chi connectivity index (χ0v) is 4.59. The summed E-state index contributed by atoms with van der Waals surface area (Å²) in [5.74, 6) is 0.387. The molecule has 2 atom stereocenters. The normalized spacial score (nSPS) is 43.8. The molecule has 44 valence electrons. The van der Waals surface area contributed by atoms with E-state index < -0.39 is 0 Å². The van der Waals surface area contributed by atoms with Crippen molar-refractivity contribution < 1.29 is 9.53 Å². The molecular formula is C6H8O2. The summed E-state index contributed by atoms with van der Waals surface area (Å²) in [4.78, 5) is 10.6. The minimum Gasteiger partial charge on any atom is -0.374 e. The first-order chi connectivity index (χ1) is 3.84. The summed E-state index contributed by atoms with van der Waals surface area (Å²) in [6.45, 7) is 0. The van der Waals surface area contributed by atoms with Crippen LogP contribution in [0.2, 0.25) is 0 Å². The lowest BCUT2D eigenvalue weighted by Gasteiger charge is -2.40. The molecule has 2 saturated heterocycles. The topological polar surface area (TPSA) is 26.3 Å². The molecule has 1 aliphatic carbocycles. The molecule has 3 fully saturated rings. The zero-order valence-electron chi connectivity index (χ0n) is 4.59. The number of carbonyl (C=O) groups excluding carboxylic acids is 1. The summed E-state index contributed by atoms with van der Waals surface area (Å²) in [7, 11) is 0. The summed E-state index contributed by atoms with van der Waals surface area (Å²) in [6, 6.07) is 0. The van der Waals surface area contributed by atoms with E-state index in [2.05, 4.69) is 0 Å². The van der Waals surface area contributed by atoms with Gasteiger partial charge in [-0.05, 0) is 0 Å². The smallest absolute Gasteiger partial charge is 0.138 e. The largest absolute Gasteiger partial charge is 0.374 e. The van der Waals surface area contributed by atoms with Crippen LogP contribution in [0.1, 0.15) is 19.3 Å². The van der Waals surface area contributed by atoms with Gasteiger partial charge in [-0.25, -0.2) is 0 Å². The second-order valence-corrected chi connectivity index (χ2v) is 2.56. The Kier molecular flexibility index (Phi) is 0.742. The second kappa shape index (κ2) is 1.32. The molecule has 3 rings (SSSR count). The Bertz CT molecular complexity index is 112. The van der Waals surface area contributed by atoms with Gasteiger partial charge in [0, 0.05) is 19.3 Å². The van der Waals surface area contributed by atoms with Crippen LogP contribution in [0.3, 0.4) is 0 Å². The fourth-order valence-corrected chi connectivity index (χ4v) is 1.41. The number of hydrogen-bond acceptors (Lipinski definition) is 2. The van der Waals surface area contributed by atoms with Gasteiger partial charge in [0.25, 0.3) is 0 Å². The van der Waals surface area contributed by atoms with Crippen LogP contribution < -0.4 is 0 Å². The van der Waals surface area contributed by atoms with E-state index in [1.54, 1.807) is 0 Å². The molecule has 2 heteroatoms. The van der Waals surface area contributed by atoms with Crippen LogP contribution in [0, 0.1) is 0 Å². The van der Waals surface area contributed by atoms with Crippen molar-refractivity contribution >= 4 is 5.78 Å². The van der Waals surface area contributed by atoms with Gasteiger partial charge in [0.05, 0.1) is 12.2 Å². The summed E-state index contributed by atoms with van der Waals surface area (Å²) >= 11 is 0. The van der Waals surface area contributed by atoms with Crippen LogP contribution in [-0.4, -0.2) is 18.0 Å². The van der Waals surface area contributed by atoms with Crippen molar-refractivity contribution in [2.24, 2.45) is 0 Å². The highest BCUT2D eigenvalue weighted by Crippen LogP contribution is 2.31. The van der Waals surface area contributed by atoms with E-state index in [9.17, 15) is 4.79 Å². The maximum absolute atomic E-state index is 10.6. The molecule has 0 aromatic rings. The van der Waals surface area contributed by atoms with Crippen LogP contribution in [0.25, 0.3) is 0 Å². The van der Waals surface area contributed by atoms with Gasteiger partial charge < -0.3 is 4.74 Å². The number of fused-ring (bicyclic) bond motifs is 2. The number of carbonyl (C=O) groups is 1. The minimum atomic E-state index is 0.307. The Morgan fingerprint density at radius 1 is 1.38 bits per heavy atom. The van der Waals surface area contributed by atoms with Gasteiger partial charge in [0.15, 0.2) is 0 Å². The molecule has 0 N–H and O–H groups in total. The zero-order chi connectivity index (χ0) is 5.56. The Morgan fingerprint density at radius 2 is 1.88 bits per heavy atom. The first kappa shape index (κ1) is 4.50. The first-order valence-electron chi connectivity index (χ1n) is 3.02. The highest BCUT2D eigenvalue weighted by molar-refractivity contribution is 5.81. The minimum absolute atomic E-state index is 0.307. The van der Waals surface area contributed by atoms with Gasteiger partial charge >= 0.3 is 0 Å². The van der Waals surface area contributed by atoms with E-state index in [4.69, 9.17) is 4.74 Å². The average Bonchev–Trinajstić information content (AvgIpc) is 1.62. The molecule has 2 bridgehead atoms. The molecule has 8 heavy (non-hydrogen) atoms. The van der Waals surface area contributed by atoms with Crippen LogP contribution in [0.4, 0.5) is 0 Å². The van der Waals surface area contributed by atoms with Gasteiger partial charge in [-0.1, -0.05) is 0 Å². The molecule has 1 saturated carbocycles. The van der Waals surface area contributed by atoms with Crippen molar-refractivity contribution in [2.75, 3.05) is 0 Å². The standard InChI is InChI=1S/C6H8O2/c7-4-1-5-3-6(2-4)8-5/h5-6H,1-3H2. The van der Waals surface area contributed by atoms with Crippen LogP contribution in [0.15, 0.2) is 0 Å². The fourth-order valence-electron chi connectivity index (χ4n) is 1.41. The van der Waals surface area contributed by atoms with E-state index in [0.717, 1.165) is 6.42 Å². The van der Waals surface area contributed by atoms with Gasteiger partial charge in [-0.2, -0.15) is 0 Å². The van der Waals surface area contributed by atoms with Gasteiger partial charge in [0.2, 0.25) is 0 Å². The third kappa shape index (κ3) is 0.494. The molecule has 0 aromatic carbocycles.